The molecule has 0 spiro atoms. The summed E-state index contributed by atoms with van der Waals surface area (Å²) in [7, 11) is 3.21. The van der Waals surface area contributed by atoms with Crippen molar-refractivity contribution in [1.29, 1.82) is 0 Å². The maximum absolute atomic E-state index is 12.7. The molecule has 3 rings (SSSR count). The van der Waals surface area contributed by atoms with Crippen molar-refractivity contribution >= 4 is 34.9 Å². The van der Waals surface area contributed by atoms with Gasteiger partial charge in [0.25, 0.3) is 0 Å². The van der Waals surface area contributed by atoms with Gasteiger partial charge >= 0.3 is 11.7 Å². The van der Waals surface area contributed by atoms with Crippen LogP contribution in [0.2, 0.25) is 0 Å². The highest BCUT2D eigenvalue weighted by molar-refractivity contribution is 7.98. The van der Waals surface area contributed by atoms with Gasteiger partial charge in [-0.05, 0) is 48.7 Å². The summed E-state index contributed by atoms with van der Waals surface area (Å²) in [6.07, 6.45) is -0.0575. The van der Waals surface area contributed by atoms with Gasteiger partial charge in [-0.2, -0.15) is 0 Å². The molecule has 0 aliphatic rings. The van der Waals surface area contributed by atoms with Crippen molar-refractivity contribution < 1.29 is 13.9 Å². The number of hydrogen-bond donors (Lipinski definition) is 2. The number of nitrogens with two attached hydrogens (primary N) is 1. The van der Waals surface area contributed by atoms with Gasteiger partial charge in [0.2, 0.25) is 0 Å². The van der Waals surface area contributed by atoms with Crippen LogP contribution >= 0.6 is 12.1 Å². The highest BCUT2D eigenvalue weighted by Crippen LogP contribution is 2.29. The largest absolute Gasteiger partial charge is 0.422 e. The Morgan fingerprint density at radius 2 is 2.00 bits per heavy atom. The van der Waals surface area contributed by atoms with Crippen molar-refractivity contribution in [2.75, 3.05) is 18.8 Å². The highest BCUT2D eigenvalue weighted by Gasteiger charge is 2.16. The van der Waals surface area contributed by atoms with E-state index in [1.165, 1.54) is 4.90 Å². The van der Waals surface area contributed by atoms with E-state index in [0.29, 0.717) is 23.3 Å². The van der Waals surface area contributed by atoms with E-state index in [1.807, 2.05) is 44.2 Å². The molecule has 2 aromatic carbocycles. The number of carbonyl (C=O) groups excluding carboxylic acids is 1. The molecule has 0 radical (unpaired) electrons. The predicted octanol–water partition coefficient (Wildman–Crippen LogP) is 3.99. The standard InChI is InChI=1S/C21H23N3O4S/c1-12-8-16-13(2)17(10-14-6-5-7-15(9-14)23-29-22)20(25)27-19(16)11-18(12)28-21(26)24(3)4/h5-9,11,23H,10,22H2,1-4H3. The molecule has 152 valence electrons. The van der Waals surface area contributed by atoms with Gasteiger partial charge in [-0.15, -0.1) is 0 Å². The zero-order chi connectivity index (χ0) is 21.1. The van der Waals surface area contributed by atoms with Crippen molar-refractivity contribution in [3.63, 3.8) is 0 Å². The van der Waals surface area contributed by atoms with Crippen LogP contribution < -0.4 is 20.2 Å². The summed E-state index contributed by atoms with van der Waals surface area (Å²) in [5, 5.41) is 6.27. The fraction of sp³-hybridized carbons (Fsp3) is 0.238. The Morgan fingerprint density at radius 1 is 1.24 bits per heavy atom. The van der Waals surface area contributed by atoms with Crippen molar-refractivity contribution in [3.05, 3.63) is 69.1 Å². The first-order valence-corrected chi connectivity index (χ1v) is 9.85. The molecule has 8 heteroatoms. The Hall–Kier alpha value is -2.97. The molecule has 3 aromatic rings. The molecule has 29 heavy (non-hydrogen) atoms. The topological polar surface area (TPSA) is 97.8 Å². The van der Waals surface area contributed by atoms with Crippen molar-refractivity contribution in [2.45, 2.75) is 20.3 Å². The van der Waals surface area contributed by atoms with E-state index in [0.717, 1.165) is 39.9 Å². The van der Waals surface area contributed by atoms with Gasteiger partial charge in [-0.1, -0.05) is 12.1 Å². The van der Waals surface area contributed by atoms with E-state index in [1.54, 1.807) is 20.2 Å². The van der Waals surface area contributed by atoms with Crippen LogP contribution in [0.3, 0.4) is 0 Å². The number of hydrogen-bond acceptors (Lipinski definition) is 7. The van der Waals surface area contributed by atoms with Crippen molar-refractivity contribution in [3.8, 4) is 5.75 Å². The van der Waals surface area contributed by atoms with Crippen molar-refractivity contribution in [2.24, 2.45) is 5.14 Å². The van der Waals surface area contributed by atoms with E-state index < -0.39 is 11.7 Å². The van der Waals surface area contributed by atoms with Crippen LogP contribution in [0.5, 0.6) is 5.75 Å². The molecule has 7 nitrogen and oxygen atoms in total. The van der Waals surface area contributed by atoms with Crippen LogP contribution in [0, 0.1) is 13.8 Å². The lowest BCUT2D eigenvalue weighted by molar-refractivity contribution is 0.171. The second kappa shape index (κ2) is 8.59. The average molecular weight is 413 g/mol. The van der Waals surface area contributed by atoms with Crippen LogP contribution in [0.1, 0.15) is 22.3 Å². The molecule has 1 aromatic heterocycles. The third kappa shape index (κ3) is 4.55. The molecule has 3 N–H and O–H groups in total. The van der Waals surface area contributed by atoms with E-state index >= 15 is 0 Å². The van der Waals surface area contributed by atoms with E-state index in [9.17, 15) is 9.59 Å². The van der Waals surface area contributed by atoms with Gasteiger partial charge in [0.15, 0.2) is 0 Å². The monoisotopic (exact) mass is 413 g/mol. The van der Waals surface area contributed by atoms with Crippen LogP contribution in [-0.2, 0) is 6.42 Å². The van der Waals surface area contributed by atoms with E-state index in [2.05, 4.69) is 4.72 Å². The number of carbonyl (C=O) groups is 1. The maximum Gasteiger partial charge on any atom is 0.414 e. The number of nitrogens with one attached hydrogen (secondary N) is 1. The second-order valence-corrected chi connectivity index (χ2v) is 7.41. The fourth-order valence-corrected chi connectivity index (χ4v) is 3.30. The zero-order valence-electron chi connectivity index (χ0n) is 16.7. The minimum atomic E-state index is -0.493. The molecule has 0 bridgehead atoms. The molecule has 1 heterocycles. The molecule has 0 unspecified atom stereocenters. The summed E-state index contributed by atoms with van der Waals surface area (Å²) < 4.78 is 13.9. The average Bonchev–Trinajstić information content (AvgIpc) is 2.67. The number of nitrogens with zero attached hydrogens (tertiary/aromatic N) is 1. The summed E-state index contributed by atoms with van der Waals surface area (Å²) in [6.45, 7) is 3.75. The van der Waals surface area contributed by atoms with Crippen LogP contribution in [0.15, 0.2) is 45.6 Å². The normalized spacial score (nSPS) is 10.8. The molecule has 0 atom stereocenters. The molecule has 1 amide bonds. The minimum Gasteiger partial charge on any atom is -0.422 e. The molecule has 0 aliphatic heterocycles. The number of benzene rings is 2. The second-order valence-electron chi connectivity index (χ2n) is 6.97. The smallest absolute Gasteiger partial charge is 0.414 e. The highest BCUT2D eigenvalue weighted by atomic mass is 32.2. The Labute approximate surface area is 173 Å². The summed E-state index contributed by atoms with van der Waals surface area (Å²) in [5.41, 5.74) is 4.02. The molecule has 0 saturated heterocycles. The van der Waals surface area contributed by atoms with Crippen LogP contribution in [-0.4, -0.2) is 25.1 Å². The Kier molecular flexibility index (Phi) is 6.14. The summed E-state index contributed by atoms with van der Waals surface area (Å²) in [5.74, 6) is 0.365. The lowest BCUT2D eigenvalue weighted by atomic mass is 9.98. The first kappa shape index (κ1) is 20.8. The first-order valence-electron chi connectivity index (χ1n) is 8.97. The fourth-order valence-electron chi connectivity index (χ4n) is 3.04. The lowest BCUT2D eigenvalue weighted by Gasteiger charge is -2.14. The lowest BCUT2D eigenvalue weighted by Crippen LogP contribution is -2.25. The van der Waals surface area contributed by atoms with Gasteiger partial charge in [0.1, 0.15) is 11.3 Å². The van der Waals surface area contributed by atoms with E-state index in [-0.39, 0.29) is 0 Å². The Balaban J connectivity index is 2.01. The maximum atomic E-state index is 12.7. The van der Waals surface area contributed by atoms with Crippen molar-refractivity contribution in [1.82, 2.24) is 4.90 Å². The number of aryl methyl sites for hydroxylation is 2. The summed E-state index contributed by atoms with van der Waals surface area (Å²) >= 11 is 1.02. The van der Waals surface area contributed by atoms with Gasteiger partial charge in [0, 0.05) is 55.4 Å². The van der Waals surface area contributed by atoms with Gasteiger partial charge in [0.05, 0.1) is 0 Å². The third-order valence-corrected chi connectivity index (χ3v) is 4.98. The quantitative estimate of drug-likeness (QED) is 0.482. The van der Waals surface area contributed by atoms with E-state index in [4.69, 9.17) is 14.3 Å². The molecular weight excluding hydrogens is 390 g/mol. The Morgan fingerprint density at radius 3 is 2.69 bits per heavy atom. The number of ether oxygens (including phenoxy) is 1. The zero-order valence-corrected chi connectivity index (χ0v) is 17.6. The van der Waals surface area contributed by atoms with Gasteiger partial charge in [-0.25, -0.2) is 9.59 Å². The number of fused-ring (bicyclic) bond motifs is 1. The Bertz CT molecular complexity index is 1120. The van der Waals surface area contributed by atoms with Gasteiger partial charge in [-0.3, -0.25) is 5.14 Å². The molecule has 0 saturated carbocycles. The number of amides is 1. The van der Waals surface area contributed by atoms with Gasteiger partial charge < -0.3 is 18.8 Å². The first-order chi connectivity index (χ1) is 13.8. The SMILES string of the molecule is Cc1cc2c(C)c(Cc3cccc(NSN)c3)c(=O)oc2cc1OC(=O)N(C)C. The summed E-state index contributed by atoms with van der Waals surface area (Å²) in [4.78, 5) is 25.9. The number of anilines is 1. The molecular formula is C21H23N3O4S. The number of rotatable bonds is 5. The predicted molar refractivity (Wildman–Crippen MR) is 116 cm³/mol. The minimum absolute atomic E-state index is 0.365. The summed E-state index contributed by atoms with van der Waals surface area (Å²) in [6, 6.07) is 11.2. The molecule has 0 fully saturated rings. The van der Waals surface area contributed by atoms with Crippen LogP contribution in [0.25, 0.3) is 11.0 Å². The van der Waals surface area contributed by atoms with Crippen LogP contribution in [0.4, 0.5) is 10.5 Å². The molecule has 0 aliphatic carbocycles. The third-order valence-electron chi connectivity index (χ3n) is 4.63.